The second-order valence-electron chi connectivity index (χ2n) is 5.95. The summed E-state index contributed by atoms with van der Waals surface area (Å²) in [7, 11) is 0. The lowest BCUT2D eigenvalue weighted by molar-refractivity contribution is 0.0681. The zero-order chi connectivity index (χ0) is 13.2. The van der Waals surface area contributed by atoms with Gasteiger partial charge in [-0.3, -0.25) is 0 Å². The van der Waals surface area contributed by atoms with Gasteiger partial charge in [0.1, 0.15) is 0 Å². The van der Waals surface area contributed by atoms with Crippen LogP contribution in [0.5, 0.6) is 0 Å². The summed E-state index contributed by atoms with van der Waals surface area (Å²) >= 11 is 3.54. The topological polar surface area (TPSA) is 32.3 Å². The highest BCUT2D eigenvalue weighted by molar-refractivity contribution is 9.10. The van der Waals surface area contributed by atoms with E-state index < -0.39 is 0 Å². The number of hydrogen-bond donors (Lipinski definition) is 2. The molecule has 19 heavy (non-hydrogen) atoms. The summed E-state index contributed by atoms with van der Waals surface area (Å²) in [6.07, 6.45) is 6.89. The molecule has 2 aliphatic carbocycles. The first kappa shape index (κ1) is 13.6. The molecule has 1 saturated carbocycles. The summed E-state index contributed by atoms with van der Waals surface area (Å²) in [5, 5.41) is 13.7. The van der Waals surface area contributed by atoms with Gasteiger partial charge in [-0.05, 0) is 54.9 Å². The van der Waals surface area contributed by atoms with Crippen molar-refractivity contribution in [3.05, 3.63) is 33.8 Å². The Hall–Kier alpha value is -0.380. The van der Waals surface area contributed by atoms with Crippen LogP contribution in [0.15, 0.2) is 22.7 Å². The molecule has 3 heteroatoms. The maximum absolute atomic E-state index is 10.0. The van der Waals surface area contributed by atoms with Crippen molar-refractivity contribution < 1.29 is 5.11 Å². The number of aliphatic hydroxyl groups is 1. The van der Waals surface area contributed by atoms with Crippen molar-refractivity contribution in [2.45, 2.75) is 50.7 Å². The molecule has 2 aliphatic rings. The highest BCUT2D eigenvalue weighted by Crippen LogP contribution is 2.33. The van der Waals surface area contributed by atoms with Crippen molar-refractivity contribution >= 4 is 15.9 Å². The summed E-state index contributed by atoms with van der Waals surface area (Å²) in [5.41, 5.74) is 2.92. The van der Waals surface area contributed by atoms with Gasteiger partial charge in [0.25, 0.3) is 0 Å². The Bertz CT molecular complexity index is 448. The van der Waals surface area contributed by atoms with Crippen LogP contribution in [0.4, 0.5) is 0 Å². The van der Waals surface area contributed by atoms with E-state index in [1.807, 2.05) is 0 Å². The summed E-state index contributed by atoms with van der Waals surface area (Å²) in [6.45, 7) is 0.960. The Kier molecular flexibility index (Phi) is 4.25. The fraction of sp³-hybridized carbons (Fsp3) is 0.625. The van der Waals surface area contributed by atoms with Gasteiger partial charge in [0.2, 0.25) is 0 Å². The summed E-state index contributed by atoms with van der Waals surface area (Å²) < 4.78 is 1.18. The second-order valence-corrected chi connectivity index (χ2v) is 6.87. The van der Waals surface area contributed by atoms with E-state index in [0.29, 0.717) is 12.0 Å². The van der Waals surface area contributed by atoms with E-state index in [9.17, 15) is 5.11 Å². The summed E-state index contributed by atoms with van der Waals surface area (Å²) in [4.78, 5) is 0. The molecule has 2 N–H and O–H groups in total. The van der Waals surface area contributed by atoms with E-state index >= 15 is 0 Å². The van der Waals surface area contributed by atoms with Crippen molar-refractivity contribution in [2.24, 2.45) is 5.92 Å². The fourth-order valence-corrected chi connectivity index (χ4v) is 3.93. The molecule has 0 aromatic heterocycles. The van der Waals surface area contributed by atoms with Gasteiger partial charge >= 0.3 is 0 Å². The molecule has 0 aliphatic heterocycles. The quantitative estimate of drug-likeness (QED) is 0.891. The van der Waals surface area contributed by atoms with Crippen LogP contribution in [0.2, 0.25) is 0 Å². The molecule has 1 aromatic carbocycles. The molecule has 0 amide bonds. The average Bonchev–Trinajstić information content (AvgIpc) is 2.80. The third-order valence-corrected chi connectivity index (χ3v) is 5.17. The SMILES string of the molecule is OC1CCCCC1CNC1CCc2cc(Br)ccc21. The summed E-state index contributed by atoms with van der Waals surface area (Å²) in [6, 6.07) is 7.10. The molecule has 0 bridgehead atoms. The molecule has 3 unspecified atom stereocenters. The van der Waals surface area contributed by atoms with Crippen LogP contribution in [0.3, 0.4) is 0 Å². The number of aryl methyl sites for hydroxylation is 1. The van der Waals surface area contributed by atoms with Crippen molar-refractivity contribution in [3.8, 4) is 0 Å². The van der Waals surface area contributed by atoms with E-state index in [2.05, 4.69) is 39.4 Å². The first-order valence-electron chi connectivity index (χ1n) is 7.44. The molecular weight excluding hydrogens is 302 g/mol. The number of halogens is 1. The third-order valence-electron chi connectivity index (χ3n) is 4.68. The normalized spacial score (nSPS) is 30.3. The molecule has 0 saturated heterocycles. The van der Waals surface area contributed by atoms with Gasteiger partial charge in [0.15, 0.2) is 0 Å². The van der Waals surface area contributed by atoms with Crippen molar-refractivity contribution in [2.75, 3.05) is 6.54 Å². The Morgan fingerprint density at radius 2 is 2.05 bits per heavy atom. The Morgan fingerprint density at radius 3 is 2.89 bits per heavy atom. The van der Waals surface area contributed by atoms with Crippen LogP contribution in [0.25, 0.3) is 0 Å². The monoisotopic (exact) mass is 323 g/mol. The Balaban J connectivity index is 1.60. The van der Waals surface area contributed by atoms with E-state index in [1.165, 1.54) is 47.7 Å². The van der Waals surface area contributed by atoms with Crippen LogP contribution in [-0.4, -0.2) is 17.8 Å². The summed E-state index contributed by atoms with van der Waals surface area (Å²) in [5.74, 6) is 0.452. The van der Waals surface area contributed by atoms with Crippen molar-refractivity contribution in [3.63, 3.8) is 0 Å². The number of fused-ring (bicyclic) bond motifs is 1. The Labute approximate surface area is 123 Å². The highest BCUT2D eigenvalue weighted by atomic mass is 79.9. The number of aliphatic hydroxyl groups excluding tert-OH is 1. The van der Waals surface area contributed by atoms with E-state index in [0.717, 1.165) is 13.0 Å². The van der Waals surface area contributed by atoms with Gasteiger partial charge in [0, 0.05) is 17.1 Å². The van der Waals surface area contributed by atoms with Crippen molar-refractivity contribution in [1.29, 1.82) is 0 Å². The molecule has 3 atom stereocenters. The largest absolute Gasteiger partial charge is 0.393 e. The fourth-order valence-electron chi connectivity index (χ4n) is 3.52. The number of rotatable bonds is 3. The zero-order valence-electron chi connectivity index (χ0n) is 11.2. The predicted octanol–water partition coefficient (Wildman–Crippen LogP) is 3.58. The van der Waals surface area contributed by atoms with Crippen LogP contribution < -0.4 is 5.32 Å². The maximum Gasteiger partial charge on any atom is 0.0580 e. The minimum atomic E-state index is -0.0907. The molecular formula is C16H22BrNO. The molecule has 1 fully saturated rings. The van der Waals surface area contributed by atoms with Crippen LogP contribution in [-0.2, 0) is 6.42 Å². The lowest BCUT2D eigenvalue weighted by Gasteiger charge is -2.29. The molecule has 0 heterocycles. The first-order chi connectivity index (χ1) is 9.24. The minimum Gasteiger partial charge on any atom is -0.393 e. The second kappa shape index (κ2) is 5.94. The predicted molar refractivity (Wildman–Crippen MR) is 81.2 cm³/mol. The smallest absolute Gasteiger partial charge is 0.0580 e. The molecule has 2 nitrogen and oxygen atoms in total. The zero-order valence-corrected chi connectivity index (χ0v) is 12.8. The number of hydrogen-bond acceptors (Lipinski definition) is 2. The molecule has 1 aromatic rings. The molecule has 104 valence electrons. The Morgan fingerprint density at radius 1 is 1.21 bits per heavy atom. The molecule has 0 spiro atoms. The van der Waals surface area contributed by atoms with Gasteiger partial charge < -0.3 is 10.4 Å². The van der Waals surface area contributed by atoms with Crippen LogP contribution >= 0.6 is 15.9 Å². The highest BCUT2D eigenvalue weighted by Gasteiger charge is 2.26. The van der Waals surface area contributed by atoms with Crippen LogP contribution in [0, 0.1) is 5.92 Å². The van der Waals surface area contributed by atoms with E-state index in [1.54, 1.807) is 0 Å². The molecule has 0 radical (unpaired) electrons. The lowest BCUT2D eigenvalue weighted by Crippen LogP contribution is -2.35. The van der Waals surface area contributed by atoms with Gasteiger partial charge in [-0.2, -0.15) is 0 Å². The minimum absolute atomic E-state index is 0.0907. The van der Waals surface area contributed by atoms with E-state index in [4.69, 9.17) is 0 Å². The maximum atomic E-state index is 10.0. The number of benzene rings is 1. The average molecular weight is 324 g/mol. The van der Waals surface area contributed by atoms with Gasteiger partial charge in [0.05, 0.1) is 6.10 Å². The third kappa shape index (κ3) is 3.04. The molecule has 3 rings (SSSR count). The standard InChI is InChI=1S/C16H22BrNO/c17-13-6-7-14-11(9-13)5-8-15(14)18-10-12-3-1-2-4-16(12)19/h6-7,9,12,15-16,18-19H,1-5,8,10H2. The number of nitrogens with one attached hydrogen (secondary N) is 1. The van der Waals surface area contributed by atoms with Gasteiger partial charge in [-0.1, -0.05) is 34.8 Å². The van der Waals surface area contributed by atoms with Crippen LogP contribution in [0.1, 0.15) is 49.3 Å². The van der Waals surface area contributed by atoms with Crippen molar-refractivity contribution in [1.82, 2.24) is 5.32 Å². The van der Waals surface area contributed by atoms with E-state index in [-0.39, 0.29) is 6.10 Å². The van der Waals surface area contributed by atoms with Gasteiger partial charge in [-0.25, -0.2) is 0 Å². The van der Waals surface area contributed by atoms with Gasteiger partial charge in [-0.15, -0.1) is 0 Å². The lowest BCUT2D eigenvalue weighted by atomic mass is 9.86. The first-order valence-corrected chi connectivity index (χ1v) is 8.23.